The van der Waals surface area contributed by atoms with Gasteiger partial charge in [0.25, 0.3) is 0 Å². The Bertz CT molecular complexity index is 479. The third kappa shape index (κ3) is 2.86. The standard InChI is InChI=1S/C15H20ClNO2/c1-3-15(2)7-9-17(10-8-15)12-6-4-5-11(16)13(12)14(18)19/h4-6H,3,7-10H2,1-2H3,(H,18,19). The van der Waals surface area contributed by atoms with Crippen LogP contribution in [0, 0.1) is 5.41 Å². The molecule has 0 unspecified atom stereocenters. The maximum absolute atomic E-state index is 11.4. The highest BCUT2D eigenvalue weighted by atomic mass is 35.5. The summed E-state index contributed by atoms with van der Waals surface area (Å²) in [7, 11) is 0. The van der Waals surface area contributed by atoms with E-state index < -0.39 is 5.97 Å². The van der Waals surface area contributed by atoms with Crippen molar-refractivity contribution in [1.29, 1.82) is 0 Å². The molecule has 19 heavy (non-hydrogen) atoms. The number of hydrogen-bond acceptors (Lipinski definition) is 2. The molecule has 0 amide bonds. The first kappa shape index (κ1) is 14.2. The number of anilines is 1. The Labute approximate surface area is 119 Å². The highest BCUT2D eigenvalue weighted by Gasteiger charge is 2.30. The van der Waals surface area contributed by atoms with Gasteiger partial charge in [0.05, 0.1) is 10.7 Å². The molecule has 104 valence electrons. The Morgan fingerprint density at radius 3 is 2.58 bits per heavy atom. The molecule has 1 aliphatic rings. The summed E-state index contributed by atoms with van der Waals surface area (Å²) in [6, 6.07) is 5.30. The third-order valence-electron chi connectivity index (χ3n) is 4.37. The van der Waals surface area contributed by atoms with E-state index in [9.17, 15) is 9.90 Å². The van der Waals surface area contributed by atoms with Crippen molar-refractivity contribution in [2.75, 3.05) is 18.0 Å². The normalized spacial score (nSPS) is 18.4. The Morgan fingerprint density at radius 2 is 2.05 bits per heavy atom. The number of benzene rings is 1. The first-order valence-corrected chi connectivity index (χ1v) is 7.11. The molecule has 1 saturated heterocycles. The maximum Gasteiger partial charge on any atom is 0.339 e. The van der Waals surface area contributed by atoms with Crippen molar-refractivity contribution in [3.63, 3.8) is 0 Å². The fraction of sp³-hybridized carbons (Fsp3) is 0.533. The van der Waals surface area contributed by atoms with Gasteiger partial charge in [0, 0.05) is 13.1 Å². The van der Waals surface area contributed by atoms with Crippen LogP contribution in [0.25, 0.3) is 0 Å². The summed E-state index contributed by atoms with van der Waals surface area (Å²) in [5.41, 5.74) is 1.36. The second-order valence-electron chi connectivity index (χ2n) is 5.59. The predicted octanol–water partition coefficient (Wildman–Crippen LogP) is 4.05. The lowest BCUT2D eigenvalue weighted by molar-refractivity contribution is 0.0697. The monoisotopic (exact) mass is 281 g/mol. The van der Waals surface area contributed by atoms with Gasteiger partial charge in [-0.05, 0) is 30.4 Å². The number of carbonyl (C=O) groups is 1. The summed E-state index contributed by atoms with van der Waals surface area (Å²) in [5, 5.41) is 9.63. The number of carboxylic acids is 1. The van der Waals surface area contributed by atoms with Gasteiger partial charge < -0.3 is 10.0 Å². The van der Waals surface area contributed by atoms with Gasteiger partial charge in [-0.1, -0.05) is 37.9 Å². The van der Waals surface area contributed by atoms with Crippen molar-refractivity contribution in [3.05, 3.63) is 28.8 Å². The van der Waals surface area contributed by atoms with Crippen LogP contribution >= 0.6 is 11.6 Å². The average Bonchev–Trinajstić information content (AvgIpc) is 2.39. The third-order valence-corrected chi connectivity index (χ3v) is 4.69. The molecule has 1 aromatic carbocycles. The molecule has 1 heterocycles. The first-order valence-electron chi connectivity index (χ1n) is 6.73. The van der Waals surface area contributed by atoms with E-state index in [1.165, 1.54) is 6.42 Å². The molecule has 3 nitrogen and oxygen atoms in total. The highest BCUT2D eigenvalue weighted by molar-refractivity contribution is 6.34. The SMILES string of the molecule is CCC1(C)CCN(c2cccc(Cl)c2C(=O)O)CC1. The van der Waals surface area contributed by atoms with Crippen LogP contribution in [0.15, 0.2) is 18.2 Å². The summed E-state index contributed by atoms with van der Waals surface area (Å²) in [4.78, 5) is 13.5. The fourth-order valence-electron chi connectivity index (χ4n) is 2.63. The van der Waals surface area contributed by atoms with E-state index in [1.54, 1.807) is 6.07 Å². The molecule has 0 saturated carbocycles. The quantitative estimate of drug-likeness (QED) is 0.908. The molecule has 1 N–H and O–H groups in total. The van der Waals surface area contributed by atoms with E-state index in [-0.39, 0.29) is 5.56 Å². The summed E-state index contributed by atoms with van der Waals surface area (Å²) in [6.07, 6.45) is 3.35. The van der Waals surface area contributed by atoms with Gasteiger partial charge in [0.1, 0.15) is 5.56 Å². The van der Waals surface area contributed by atoms with E-state index >= 15 is 0 Å². The molecule has 0 aromatic heterocycles. The smallest absolute Gasteiger partial charge is 0.339 e. The first-order chi connectivity index (χ1) is 8.97. The van der Waals surface area contributed by atoms with Gasteiger partial charge >= 0.3 is 5.97 Å². The van der Waals surface area contributed by atoms with Crippen LogP contribution in [0.1, 0.15) is 43.5 Å². The molecular formula is C15H20ClNO2. The topological polar surface area (TPSA) is 40.5 Å². The van der Waals surface area contributed by atoms with Crippen molar-refractivity contribution in [1.82, 2.24) is 0 Å². The number of halogens is 1. The van der Waals surface area contributed by atoms with Gasteiger partial charge in [-0.3, -0.25) is 0 Å². The fourth-order valence-corrected chi connectivity index (χ4v) is 2.88. The summed E-state index contributed by atoms with van der Waals surface area (Å²) in [5.74, 6) is -0.954. The molecule has 0 atom stereocenters. The molecular weight excluding hydrogens is 262 g/mol. The van der Waals surface area contributed by atoms with E-state index in [0.29, 0.717) is 10.4 Å². The number of nitrogens with zero attached hydrogens (tertiary/aromatic N) is 1. The zero-order valence-corrected chi connectivity index (χ0v) is 12.2. The molecule has 0 aliphatic carbocycles. The lowest BCUT2D eigenvalue weighted by Gasteiger charge is -2.40. The Hall–Kier alpha value is -1.22. The Balaban J connectivity index is 2.25. The lowest BCUT2D eigenvalue weighted by Crippen LogP contribution is -2.39. The molecule has 0 radical (unpaired) electrons. The van der Waals surface area contributed by atoms with E-state index in [4.69, 9.17) is 11.6 Å². The van der Waals surface area contributed by atoms with E-state index in [0.717, 1.165) is 31.6 Å². The number of hydrogen-bond donors (Lipinski definition) is 1. The van der Waals surface area contributed by atoms with Gasteiger partial charge in [0.15, 0.2) is 0 Å². The van der Waals surface area contributed by atoms with Gasteiger partial charge in [-0.25, -0.2) is 4.79 Å². The van der Waals surface area contributed by atoms with Crippen LogP contribution in [0.2, 0.25) is 5.02 Å². The van der Waals surface area contributed by atoms with Crippen LogP contribution < -0.4 is 4.90 Å². The minimum atomic E-state index is -0.954. The summed E-state index contributed by atoms with van der Waals surface area (Å²) in [6.45, 7) is 6.31. The minimum Gasteiger partial charge on any atom is -0.478 e. The van der Waals surface area contributed by atoms with Gasteiger partial charge in [0.2, 0.25) is 0 Å². The molecule has 2 rings (SSSR count). The Morgan fingerprint density at radius 1 is 1.42 bits per heavy atom. The molecule has 1 aliphatic heterocycles. The van der Waals surface area contributed by atoms with Crippen LogP contribution in [0.3, 0.4) is 0 Å². The molecule has 0 spiro atoms. The molecule has 1 fully saturated rings. The lowest BCUT2D eigenvalue weighted by atomic mass is 9.78. The average molecular weight is 282 g/mol. The van der Waals surface area contributed by atoms with Crippen molar-refractivity contribution in [3.8, 4) is 0 Å². The summed E-state index contributed by atoms with van der Waals surface area (Å²) < 4.78 is 0. The van der Waals surface area contributed by atoms with Gasteiger partial charge in [-0.2, -0.15) is 0 Å². The Kier molecular flexibility index (Phi) is 4.04. The minimum absolute atomic E-state index is 0.226. The number of piperidine rings is 1. The number of rotatable bonds is 3. The highest BCUT2D eigenvalue weighted by Crippen LogP contribution is 2.37. The second-order valence-corrected chi connectivity index (χ2v) is 6.00. The number of carboxylic acid groups (broad SMARTS) is 1. The van der Waals surface area contributed by atoms with Crippen molar-refractivity contribution < 1.29 is 9.90 Å². The van der Waals surface area contributed by atoms with Crippen molar-refractivity contribution in [2.45, 2.75) is 33.1 Å². The van der Waals surface area contributed by atoms with Crippen LogP contribution in [-0.4, -0.2) is 24.2 Å². The maximum atomic E-state index is 11.4. The number of aromatic carboxylic acids is 1. The van der Waals surface area contributed by atoms with Crippen LogP contribution in [0.5, 0.6) is 0 Å². The van der Waals surface area contributed by atoms with Crippen LogP contribution in [0.4, 0.5) is 5.69 Å². The second kappa shape index (κ2) is 5.41. The zero-order chi connectivity index (χ0) is 14.0. The van der Waals surface area contributed by atoms with E-state index in [1.807, 2.05) is 12.1 Å². The predicted molar refractivity (Wildman–Crippen MR) is 78.3 cm³/mol. The van der Waals surface area contributed by atoms with E-state index in [2.05, 4.69) is 18.7 Å². The van der Waals surface area contributed by atoms with Crippen LogP contribution in [-0.2, 0) is 0 Å². The summed E-state index contributed by atoms with van der Waals surface area (Å²) >= 11 is 6.02. The van der Waals surface area contributed by atoms with Crippen molar-refractivity contribution in [2.24, 2.45) is 5.41 Å². The van der Waals surface area contributed by atoms with Gasteiger partial charge in [-0.15, -0.1) is 0 Å². The molecule has 1 aromatic rings. The van der Waals surface area contributed by atoms with Crippen molar-refractivity contribution >= 4 is 23.3 Å². The molecule has 4 heteroatoms. The largest absolute Gasteiger partial charge is 0.478 e. The zero-order valence-electron chi connectivity index (χ0n) is 11.4. The molecule has 0 bridgehead atoms.